The molecule has 0 bridgehead atoms. The Labute approximate surface area is 369 Å². The van der Waals surface area contributed by atoms with E-state index in [-0.39, 0.29) is 12.8 Å². The molecule has 9 rings (SSSR count). The van der Waals surface area contributed by atoms with Gasteiger partial charge in [0.1, 0.15) is 16.6 Å². The number of benzene rings is 8. The molecule has 6 nitrogen and oxygen atoms in total. The Balaban J connectivity index is 1.19. The first-order valence-electron chi connectivity index (χ1n) is 21.7. The van der Waals surface area contributed by atoms with Crippen LogP contribution in [-0.4, -0.2) is 22.0 Å². The van der Waals surface area contributed by atoms with E-state index in [1.807, 2.05) is 210 Å². The molecule has 0 aliphatic heterocycles. The SMILES string of the molecule is Cc1cccc(C(O)(c2cccc(C)c2)[C@@H](NC(=O)C2(C(=O)N[C@@H](c3cccc4ccccc34)C(O)(c3cccc(C)c3)c3cccc(C)c3)CC2)c2cccc3ccccc23)c1. The second-order valence-corrected chi connectivity index (χ2v) is 17.5. The zero-order valence-corrected chi connectivity index (χ0v) is 36.1. The molecule has 8 aromatic carbocycles. The highest BCUT2D eigenvalue weighted by atomic mass is 16.3. The number of nitrogens with one attached hydrogen (secondary N) is 2. The number of carbonyl (C=O) groups is 2. The molecule has 2 atom stereocenters. The fourth-order valence-electron chi connectivity index (χ4n) is 9.57. The largest absolute Gasteiger partial charge is 0.378 e. The minimum Gasteiger partial charge on any atom is -0.378 e. The predicted molar refractivity (Wildman–Crippen MR) is 252 cm³/mol. The summed E-state index contributed by atoms with van der Waals surface area (Å²) in [4.78, 5) is 30.8. The summed E-state index contributed by atoms with van der Waals surface area (Å²) >= 11 is 0. The Morgan fingerprint density at radius 1 is 0.444 bits per heavy atom. The van der Waals surface area contributed by atoms with E-state index in [1.165, 1.54) is 0 Å². The summed E-state index contributed by atoms with van der Waals surface area (Å²) in [6, 6.07) is 56.6. The third-order valence-corrected chi connectivity index (χ3v) is 13.1. The highest BCUT2D eigenvalue weighted by Gasteiger charge is 2.59. The van der Waals surface area contributed by atoms with E-state index in [0.717, 1.165) is 43.8 Å². The van der Waals surface area contributed by atoms with Gasteiger partial charge in [-0.2, -0.15) is 0 Å². The van der Waals surface area contributed by atoms with Crippen molar-refractivity contribution in [2.45, 2.75) is 63.8 Å². The van der Waals surface area contributed by atoms with Crippen molar-refractivity contribution in [1.29, 1.82) is 0 Å². The molecule has 4 N–H and O–H groups in total. The molecule has 0 aromatic heterocycles. The molecule has 63 heavy (non-hydrogen) atoms. The number of fused-ring (bicyclic) bond motifs is 2. The van der Waals surface area contributed by atoms with E-state index >= 15 is 9.59 Å². The van der Waals surface area contributed by atoms with Gasteiger partial charge in [0.25, 0.3) is 0 Å². The van der Waals surface area contributed by atoms with Gasteiger partial charge in [0.05, 0.1) is 12.1 Å². The molecule has 1 saturated carbocycles. The van der Waals surface area contributed by atoms with E-state index in [9.17, 15) is 10.2 Å². The second-order valence-electron chi connectivity index (χ2n) is 17.5. The number of hydrogen-bond acceptors (Lipinski definition) is 4. The van der Waals surface area contributed by atoms with E-state index in [2.05, 4.69) is 10.6 Å². The molecule has 0 unspecified atom stereocenters. The fraction of sp³-hybridized carbons (Fsp3) is 0.193. The summed E-state index contributed by atoms with van der Waals surface area (Å²) in [5.41, 5.74) is 2.64. The highest BCUT2D eigenvalue weighted by Crippen LogP contribution is 2.51. The first-order valence-corrected chi connectivity index (χ1v) is 21.7. The molecule has 314 valence electrons. The van der Waals surface area contributed by atoms with Crippen LogP contribution in [0.15, 0.2) is 182 Å². The minimum atomic E-state index is -1.77. The van der Waals surface area contributed by atoms with Gasteiger partial charge in [0, 0.05) is 0 Å². The molecular weight excluding hydrogens is 777 g/mol. The lowest BCUT2D eigenvalue weighted by atomic mass is 9.75. The Kier molecular flexibility index (Phi) is 10.8. The van der Waals surface area contributed by atoms with Gasteiger partial charge in [0.2, 0.25) is 11.8 Å². The molecule has 1 fully saturated rings. The van der Waals surface area contributed by atoms with Gasteiger partial charge in [-0.1, -0.05) is 204 Å². The van der Waals surface area contributed by atoms with Gasteiger partial charge in [0.15, 0.2) is 0 Å². The van der Waals surface area contributed by atoms with Crippen molar-refractivity contribution < 1.29 is 19.8 Å². The van der Waals surface area contributed by atoms with E-state index < -0.39 is 40.5 Å². The van der Waals surface area contributed by atoms with Gasteiger partial charge in [-0.3, -0.25) is 9.59 Å². The summed E-state index contributed by atoms with van der Waals surface area (Å²) < 4.78 is 0. The zero-order valence-electron chi connectivity index (χ0n) is 36.1. The average molecular weight is 829 g/mol. The second kappa shape index (κ2) is 16.4. The summed E-state index contributed by atoms with van der Waals surface area (Å²) in [5, 5.41) is 37.5. The molecule has 1 aliphatic carbocycles. The van der Waals surface area contributed by atoms with Crippen molar-refractivity contribution in [3.05, 3.63) is 238 Å². The van der Waals surface area contributed by atoms with E-state index in [4.69, 9.17) is 0 Å². The minimum absolute atomic E-state index is 0.288. The average Bonchev–Trinajstić information content (AvgIpc) is 4.12. The van der Waals surface area contributed by atoms with E-state index in [0.29, 0.717) is 33.4 Å². The van der Waals surface area contributed by atoms with Crippen LogP contribution in [0.4, 0.5) is 0 Å². The van der Waals surface area contributed by atoms with Crippen molar-refractivity contribution in [2.24, 2.45) is 5.41 Å². The van der Waals surface area contributed by atoms with Gasteiger partial charge < -0.3 is 20.8 Å². The predicted octanol–water partition coefficient (Wildman–Crippen LogP) is 10.9. The maximum atomic E-state index is 15.4. The van der Waals surface area contributed by atoms with Crippen molar-refractivity contribution >= 4 is 33.4 Å². The van der Waals surface area contributed by atoms with Crippen LogP contribution in [0.2, 0.25) is 0 Å². The number of carbonyl (C=O) groups excluding carboxylic acids is 2. The van der Waals surface area contributed by atoms with Crippen molar-refractivity contribution in [3.8, 4) is 0 Å². The van der Waals surface area contributed by atoms with Gasteiger partial charge in [-0.25, -0.2) is 0 Å². The molecule has 0 spiro atoms. The van der Waals surface area contributed by atoms with Crippen LogP contribution < -0.4 is 10.6 Å². The monoisotopic (exact) mass is 828 g/mol. The Morgan fingerprint density at radius 3 is 1.06 bits per heavy atom. The molecule has 2 amide bonds. The molecular formula is C57H52N2O4. The van der Waals surface area contributed by atoms with Crippen LogP contribution in [0.25, 0.3) is 21.5 Å². The molecule has 1 aliphatic rings. The number of hydrogen-bond donors (Lipinski definition) is 4. The van der Waals surface area contributed by atoms with Crippen molar-refractivity contribution in [1.82, 2.24) is 10.6 Å². The van der Waals surface area contributed by atoms with Crippen LogP contribution in [0.3, 0.4) is 0 Å². The van der Waals surface area contributed by atoms with Crippen LogP contribution >= 0.6 is 0 Å². The zero-order chi connectivity index (χ0) is 43.9. The Bertz CT molecular complexity index is 2720. The first-order chi connectivity index (χ1) is 30.4. The number of aryl methyl sites for hydroxylation is 4. The van der Waals surface area contributed by atoms with Crippen LogP contribution in [0.1, 0.15) is 80.6 Å². The van der Waals surface area contributed by atoms with E-state index in [1.54, 1.807) is 0 Å². The fourth-order valence-corrected chi connectivity index (χ4v) is 9.57. The van der Waals surface area contributed by atoms with Crippen molar-refractivity contribution in [2.75, 3.05) is 0 Å². The summed E-state index contributed by atoms with van der Waals surface area (Å²) in [6.07, 6.45) is 0.575. The molecule has 0 saturated heterocycles. The lowest BCUT2D eigenvalue weighted by molar-refractivity contribution is -0.140. The van der Waals surface area contributed by atoms with Crippen LogP contribution in [0, 0.1) is 33.1 Å². The van der Waals surface area contributed by atoms with Crippen LogP contribution in [-0.2, 0) is 20.8 Å². The quantitative estimate of drug-likeness (QED) is 0.0922. The number of rotatable bonds is 12. The molecule has 0 radical (unpaired) electrons. The third kappa shape index (κ3) is 7.49. The molecule has 0 heterocycles. The number of amides is 2. The Morgan fingerprint density at radius 2 is 0.746 bits per heavy atom. The lowest BCUT2D eigenvalue weighted by Gasteiger charge is -2.40. The first kappa shape index (κ1) is 41.5. The summed E-state index contributed by atoms with van der Waals surface area (Å²) in [6.45, 7) is 7.93. The normalized spacial score (nSPS) is 14.5. The number of aliphatic hydroxyl groups is 2. The third-order valence-electron chi connectivity index (χ3n) is 13.1. The van der Waals surface area contributed by atoms with Crippen molar-refractivity contribution in [3.63, 3.8) is 0 Å². The maximum absolute atomic E-state index is 15.4. The molecule has 6 heteroatoms. The summed E-state index contributed by atoms with van der Waals surface area (Å²) in [5.74, 6) is -0.994. The molecule has 8 aromatic rings. The van der Waals surface area contributed by atoms with Crippen LogP contribution in [0.5, 0.6) is 0 Å². The maximum Gasteiger partial charge on any atom is 0.236 e. The van der Waals surface area contributed by atoms with Gasteiger partial charge in [-0.05, 0) is 95.5 Å². The smallest absolute Gasteiger partial charge is 0.236 e. The summed E-state index contributed by atoms with van der Waals surface area (Å²) in [7, 11) is 0. The standard InChI is InChI=1S/C57H52N2O4/c1-37-15-9-23-43(33-37)56(62,44-24-10-16-38(2)34-44)51(49-29-13-21-41-19-5-7-27-47(41)49)58-53(60)55(31-32-55)54(61)59-52(50-30-14-22-42-20-6-8-28-48(42)50)57(63,45-25-11-17-39(3)35-45)46-26-12-18-40(4)36-46/h5-30,33-36,51-52,62-63H,31-32H2,1-4H3,(H,58,60)(H,59,61)/t51-,52-/m0/s1. The van der Waals surface area contributed by atoms with Gasteiger partial charge in [-0.15, -0.1) is 0 Å². The highest BCUT2D eigenvalue weighted by molar-refractivity contribution is 6.08. The Hall–Kier alpha value is -6.86. The lowest BCUT2D eigenvalue weighted by Crippen LogP contribution is -2.52. The topological polar surface area (TPSA) is 98.7 Å². The van der Waals surface area contributed by atoms with Gasteiger partial charge >= 0.3 is 0 Å².